The standard InChI is InChI=1S/C9H16N4/c1-8(2)5-4-6-12-9(11-3)13-7-10/h1,4-6H2,2-3H3,(H2,11,12,13). The Labute approximate surface area is 79.4 Å². The summed E-state index contributed by atoms with van der Waals surface area (Å²) in [6, 6.07) is 0. The van der Waals surface area contributed by atoms with E-state index in [0.29, 0.717) is 5.96 Å². The number of guanidine groups is 1. The summed E-state index contributed by atoms with van der Waals surface area (Å²) in [5, 5.41) is 13.8. The van der Waals surface area contributed by atoms with E-state index in [1.165, 1.54) is 5.57 Å². The molecule has 0 radical (unpaired) electrons. The van der Waals surface area contributed by atoms with E-state index >= 15 is 0 Å². The first kappa shape index (κ1) is 11.5. The van der Waals surface area contributed by atoms with Crippen LogP contribution in [0.4, 0.5) is 0 Å². The van der Waals surface area contributed by atoms with Gasteiger partial charge in [-0.3, -0.25) is 10.3 Å². The van der Waals surface area contributed by atoms with Crippen LogP contribution in [-0.2, 0) is 0 Å². The highest BCUT2D eigenvalue weighted by Crippen LogP contribution is 1.97. The molecule has 0 aliphatic heterocycles. The molecule has 0 spiro atoms. The third-order valence-electron chi connectivity index (χ3n) is 1.47. The average molecular weight is 180 g/mol. The predicted molar refractivity (Wildman–Crippen MR) is 54.2 cm³/mol. The van der Waals surface area contributed by atoms with Gasteiger partial charge in [0.15, 0.2) is 6.19 Å². The van der Waals surface area contributed by atoms with Crippen LogP contribution >= 0.6 is 0 Å². The minimum Gasteiger partial charge on any atom is -0.356 e. The number of hydrogen-bond donors (Lipinski definition) is 2. The summed E-state index contributed by atoms with van der Waals surface area (Å²) in [7, 11) is 1.63. The van der Waals surface area contributed by atoms with E-state index < -0.39 is 0 Å². The first-order valence-corrected chi connectivity index (χ1v) is 4.21. The van der Waals surface area contributed by atoms with Crippen LogP contribution in [0.2, 0.25) is 0 Å². The zero-order valence-electron chi connectivity index (χ0n) is 8.22. The van der Waals surface area contributed by atoms with E-state index in [1.807, 2.05) is 13.1 Å². The van der Waals surface area contributed by atoms with Gasteiger partial charge in [0.25, 0.3) is 0 Å². The zero-order chi connectivity index (χ0) is 10.1. The van der Waals surface area contributed by atoms with Crippen molar-refractivity contribution in [1.29, 1.82) is 5.26 Å². The molecule has 0 heterocycles. The molecule has 0 amide bonds. The van der Waals surface area contributed by atoms with Gasteiger partial charge < -0.3 is 5.32 Å². The fourth-order valence-electron chi connectivity index (χ4n) is 0.829. The molecule has 0 aromatic rings. The third-order valence-corrected chi connectivity index (χ3v) is 1.47. The third kappa shape index (κ3) is 6.88. The Morgan fingerprint density at radius 3 is 2.77 bits per heavy atom. The number of hydrogen-bond acceptors (Lipinski definition) is 2. The predicted octanol–water partition coefficient (Wildman–Crippen LogP) is 0.989. The molecule has 0 unspecified atom stereocenters. The maximum Gasteiger partial charge on any atom is 0.204 e. The van der Waals surface area contributed by atoms with Crippen LogP contribution in [-0.4, -0.2) is 19.6 Å². The highest BCUT2D eigenvalue weighted by atomic mass is 15.2. The van der Waals surface area contributed by atoms with Crippen LogP contribution in [0.5, 0.6) is 0 Å². The monoisotopic (exact) mass is 180 g/mol. The number of allylic oxidation sites excluding steroid dienone is 1. The number of nitrogens with zero attached hydrogens (tertiary/aromatic N) is 2. The summed E-state index contributed by atoms with van der Waals surface area (Å²) in [5.74, 6) is 0.518. The number of aliphatic imine (C=N–C) groups is 1. The van der Waals surface area contributed by atoms with Crippen molar-refractivity contribution < 1.29 is 0 Å². The van der Waals surface area contributed by atoms with Gasteiger partial charge in [-0.2, -0.15) is 5.26 Å². The number of nitriles is 1. The average Bonchev–Trinajstić information content (AvgIpc) is 2.10. The smallest absolute Gasteiger partial charge is 0.204 e. The molecule has 0 aliphatic rings. The van der Waals surface area contributed by atoms with Crippen molar-refractivity contribution in [3.8, 4) is 6.19 Å². The van der Waals surface area contributed by atoms with Gasteiger partial charge in [0.1, 0.15) is 0 Å². The summed E-state index contributed by atoms with van der Waals surface area (Å²) in [4.78, 5) is 3.84. The number of rotatable bonds is 4. The fourth-order valence-corrected chi connectivity index (χ4v) is 0.829. The quantitative estimate of drug-likeness (QED) is 0.169. The van der Waals surface area contributed by atoms with Crippen LogP contribution in [0.3, 0.4) is 0 Å². The lowest BCUT2D eigenvalue weighted by atomic mass is 10.2. The lowest BCUT2D eigenvalue weighted by Gasteiger charge is -2.06. The normalized spacial score (nSPS) is 10.4. The van der Waals surface area contributed by atoms with Crippen molar-refractivity contribution in [2.75, 3.05) is 13.6 Å². The van der Waals surface area contributed by atoms with Gasteiger partial charge in [0.05, 0.1) is 0 Å². The molecule has 0 aliphatic carbocycles. The summed E-state index contributed by atoms with van der Waals surface area (Å²) < 4.78 is 0. The highest BCUT2D eigenvalue weighted by Gasteiger charge is 1.93. The molecule has 0 bridgehead atoms. The lowest BCUT2D eigenvalue weighted by molar-refractivity contribution is 0.758. The largest absolute Gasteiger partial charge is 0.356 e. The van der Waals surface area contributed by atoms with E-state index in [9.17, 15) is 0 Å². The van der Waals surface area contributed by atoms with E-state index in [0.717, 1.165) is 19.4 Å². The van der Waals surface area contributed by atoms with Crippen LogP contribution in [0.25, 0.3) is 0 Å². The van der Waals surface area contributed by atoms with Crippen molar-refractivity contribution in [2.45, 2.75) is 19.8 Å². The molecule has 4 heteroatoms. The van der Waals surface area contributed by atoms with Gasteiger partial charge in [-0.15, -0.1) is 6.58 Å². The van der Waals surface area contributed by atoms with Gasteiger partial charge in [-0.1, -0.05) is 5.57 Å². The Morgan fingerprint density at radius 2 is 2.31 bits per heavy atom. The summed E-state index contributed by atoms with van der Waals surface area (Å²) in [5.41, 5.74) is 1.17. The Balaban J connectivity index is 3.52. The van der Waals surface area contributed by atoms with Gasteiger partial charge in [0.2, 0.25) is 5.96 Å². The zero-order valence-corrected chi connectivity index (χ0v) is 8.22. The van der Waals surface area contributed by atoms with Crippen LogP contribution in [0, 0.1) is 11.5 Å². The van der Waals surface area contributed by atoms with Gasteiger partial charge in [0, 0.05) is 13.6 Å². The molecule has 2 N–H and O–H groups in total. The molecular weight excluding hydrogens is 164 g/mol. The van der Waals surface area contributed by atoms with Crippen molar-refractivity contribution in [2.24, 2.45) is 4.99 Å². The topological polar surface area (TPSA) is 60.2 Å². The second kappa shape index (κ2) is 7.17. The minimum absolute atomic E-state index is 0.518. The van der Waals surface area contributed by atoms with E-state index in [1.54, 1.807) is 7.05 Å². The minimum atomic E-state index is 0.518. The van der Waals surface area contributed by atoms with E-state index in [2.05, 4.69) is 22.2 Å². The highest BCUT2D eigenvalue weighted by molar-refractivity contribution is 5.80. The second-order valence-corrected chi connectivity index (χ2v) is 2.80. The van der Waals surface area contributed by atoms with Crippen LogP contribution in [0.1, 0.15) is 19.8 Å². The number of nitrogens with one attached hydrogen (secondary N) is 2. The molecule has 0 saturated carbocycles. The molecule has 0 atom stereocenters. The molecule has 0 rings (SSSR count). The maximum absolute atomic E-state index is 8.32. The van der Waals surface area contributed by atoms with Gasteiger partial charge in [-0.25, -0.2) is 0 Å². The summed E-state index contributed by atoms with van der Waals surface area (Å²) >= 11 is 0. The summed E-state index contributed by atoms with van der Waals surface area (Å²) in [6.45, 7) is 6.60. The first-order valence-electron chi connectivity index (χ1n) is 4.21. The fraction of sp³-hybridized carbons (Fsp3) is 0.556. The van der Waals surface area contributed by atoms with Crippen LogP contribution < -0.4 is 10.6 Å². The second-order valence-electron chi connectivity index (χ2n) is 2.80. The van der Waals surface area contributed by atoms with Gasteiger partial charge >= 0.3 is 0 Å². The van der Waals surface area contributed by atoms with Crippen molar-refractivity contribution in [3.63, 3.8) is 0 Å². The molecule has 4 nitrogen and oxygen atoms in total. The molecule has 13 heavy (non-hydrogen) atoms. The van der Waals surface area contributed by atoms with Crippen molar-refractivity contribution >= 4 is 5.96 Å². The van der Waals surface area contributed by atoms with Crippen molar-refractivity contribution in [3.05, 3.63) is 12.2 Å². The molecular formula is C9H16N4. The molecule has 0 aromatic heterocycles. The Bertz CT molecular complexity index is 224. The van der Waals surface area contributed by atoms with Crippen molar-refractivity contribution in [1.82, 2.24) is 10.6 Å². The van der Waals surface area contributed by atoms with Gasteiger partial charge in [-0.05, 0) is 19.8 Å². The Kier molecular flexibility index (Phi) is 6.34. The summed E-state index contributed by atoms with van der Waals surface area (Å²) in [6.07, 6.45) is 3.81. The Morgan fingerprint density at radius 1 is 1.62 bits per heavy atom. The maximum atomic E-state index is 8.32. The lowest BCUT2D eigenvalue weighted by Crippen LogP contribution is -2.34. The van der Waals surface area contributed by atoms with E-state index in [4.69, 9.17) is 5.26 Å². The Hall–Kier alpha value is -1.50. The molecule has 0 saturated heterocycles. The molecule has 72 valence electrons. The van der Waals surface area contributed by atoms with E-state index in [-0.39, 0.29) is 0 Å². The SMILES string of the molecule is C=C(C)CCCNC(=NC)NC#N. The first-order chi connectivity index (χ1) is 6.20. The molecule has 0 fully saturated rings. The van der Waals surface area contributed by atoms with Crippen LogP contribution in [0.15, 0.2) is 17.1 Å². The molecule has 0 aromatic carbocycles.